The molecule has 0 radical (unpaired) electrons. The summed E-state index contributed by atoms with van der Waals surface area (Å²) in [6.45, 7) is 3.72. The largest absolute Gasteiger partial charge is 0.361 e. The van der Waals surface area contributed by atoms with Crippen molar-refractivity contribution >= 4 is 22.8 Å². The molecule has 1 amide bonds. The number of para-hydroxylation sites is 1. The molecule has 158 valence electrons. The number of hydrogen-bond donors (Lipinski definition) is 3. The van der Waals surface area contributed by atoms with Crippen molar-refractivity contribution in [1.29, 1.82) is 0 Å². The highest BCUT2D eigenvalue weighted by Crippen LogP contribution is 2.21. The van der Waals surface area contributed by atoms with E-state index in [9.17, 15) is 4.79 Å². The molecule has 0 aliphatic rings. The number of aliphatic imine (C=N–C) groups is 1. The minimum Gasteiger partial charge on any atom is -0.361 e. The smallest absolute Gasteiger partial charge is 0.243 e. The van der Waals surface area contributed by atoms with E-state index in [1.54, 1.807) is 19.0 Å². The third-order valence-corrected chi connectivity index (χ3v) is 5.12. The van der Waals surface area contributed by atoms with Crippen molar-refractivity contribution in [1.82, 2.24) is 20.5 Å². The van der Waals surface area contributed by atoms with Crippen LogP contribution in [0.25, 0.3) is 10.9 Å². The van der Waals surface area contributed by atoms with Crippen LogP contribution in [0.2, 0.25) is 0 Å². The number of likely N-dealkylation sites (N-methyl/N-ethyl adjacent to an activating group) is 1. The Kier molecular flexibility index (Phi) is 7.49. The lowest BCUT2D eigenvalue weighted by Gasteiger charge is -2.14. The molecule has 0 fully saturated rings. The molecule has 3 N–H and O–H groups in total. The van der Waals surface area contributed by atoms with Crippen LogP contribution in [0.3, 0.4) is 0 Å². The summed E-state index contributed by atoms with van der Waals surface area (Å²) in [7, 11) is 3.49. The summed E-state index contributed by atoms with van der Waals surface area (Å²) in [5.41, 5.74) is 4.98. The molecule has 0 atom stereocenters. The molecule has 0 aliphatic carbocycles. The molecule has 30 heavy (non-hydrogen) atoms. The van der Waals surface area contributed by atoms with E-state index in [4.69, 9.17) is 0 Å². The van der Waals surface area contributed by atoms with Crippen LogP contribution in [0.4, 0.5) is 0 Å². The SMILES string of the molecule is Cc1cccc2c(CCNC(=NCC(=O)N(C)C)NCCc3ccccc3)c[nH]c12. The number of carbonyl (C=O) groups is 1. The number of amides is 1. The third-order valence-electron chi connectivity index (χ3n) is 5.12. The van der Waals surface area contributed by atoms with E-state index in [2.05, 4.69) is 64.1 Å². The van der Waals surface area contributed by atoms with E-state index >= 15 is 0 Å². The summed E-state index contributed by atoms with van der Waals surface area (Å²) in [5, 5.41) is 7.98. The number of nitrogens with one attached hydrogen (secondary N) is 3. The number of nitrogens with zero attached hydrogens (tertiary/aromatic N) is 2. The predicted octanol–water partition coefficient (Wildman–Crippen LogP) is 2.88. The Morgan fingerprint density at radius 2 is 1.73 bits per heavy atom. The lowest BCUT2D eigenvalue weighted by atomic mass is 10.1. The summed E-state index contributed by atoms with van der Waals surface area (Å²) in [6, 6.07) is 16.7. The van der Waals surface area contributed by atoms with Crippen molar-refractivity contribution in [2.75, 3.05) is 33.7 Å². The van der Waals surface area contributed by atoms with E-state index in [1.165, 1.54) is 27.6 Å². The van der Waals surface area contributed by atoms with Gasteiger partial charge in [-0.15, -0.1) is 0 Å². The molecule has 1 heterocycles. The van der Waals surface area contributed by atoms with Gasteiger partial charge >= 0.3 is 0 Å². The van der Waals surface area contributed by atoms with Crippen molar-refractivity contribution in [2.45, 2.75) is 19.8 Å². The van der Waals surface area contributed by atoms with Gasteiger partial charge in [0, 0.05) is 44.3 Å². The van der Waals surface area contributed by atoms with Gasteiger partial charge in [0.1, 0.15) is 6.54 Å². The predicted molar refractivity (Wildman–Crippen MR) is 124 cm³/mol. The van der Waals surface area contributed by atoms with Gasteiger partial charge in [0.25, 0.3) is 0 Å². The van der Waals surface area contributed by atoms with Gasteiger partial charge in [0.05, 0.1) is 0 Å². The molecule has 3 rings (SSSR count). The average molecular weight is 406 g/mol. The third kappa shape index (κ3) is 5.86. The van der Waals surface area contributed by atoms with E-state index in [1.807, 2.05) is 18.2 Å². The molecule has 0 saturated carbocycles. The molecule has 0 bridgehead atoms. The lowest BCUT2D eigenvalue weighted by Crippen LogP contribution is -2.40. The fourth-order valence-corrected chi connectivity index (χ4v) is 3.32. The van der Waals surface area contributed by atoms with Gasteiger partial charge in [-0.3, -0.25) is 4.79 Å². The van der Waals surface area contributed by atoms with Gasteiger partial charge in [0.2, 0.25) is 5.91 Å². The standard InChI is InChI=1S/C24H31N5O/c1-18-8-7-11-21-20(16-27-23(18)21)13-15-26-24(28-17-22(30)29(2)3)25-14-12-19-9-5-4-6-10-19/h4-11,16,27H,12-15,17H2,1-3H3,(H2,25,26,28). The Hall–Kier alpha value is -3.28. The highest BCUT2D eigenvalue weighted by atomic mass is 16.2. The lowest BCUT2D eigenvalue weighted by molar-refractivity contribution is -0.127. The molecule has 6 heteroatoms. The molecule has 0 unspecified atom stereocenters. The van der Waals surface area contributed by atoms with Crippen LogP contribution in [0.5, 0.6) is 0 Å². The number of aromatic nitrogens is 1. The number of guanidine groups is 1. The summed E-state index contributed by atoms with van der Waals surface area (Å²) in [4.78, 5) is 21.3. The fraction of sp³-hybridized carbons (Fsp3) is 0.333. The zero-order valence-corrected chi connectivity index (χ0v) is 18.0. The van der Waals surface area contributed by atoms with Crippen LogP contribution in [0, 0.1) is 6.92 Å². The first-order valence-electron chi connectivity index (χ1n) is 10.4. The van der Waals surface area contributed by atoms with Crippen LogP contribution >= 0.6 is 0 Å². The van der Waals surface area contributed by atoms with Gasteiger partial charge in [-0.2, -0.15) is 0 Å². The summed E-state index contributed by atoms with van der Waals surface area (Å²) < 4.78 is 0. The maximum Gasteiger partial charge on any atom is 0.243 e. The number of benzene rings is 2. The molecule has 0 saturated heterocycles. The first-order chi connectivity index (χ1) is 14.5. The van der Waals surface area contributed by atoms with Crippen LogP contribution in [-0.4, -0.2) is 55.5 Å². The molecule has 6 nitrogen and oxygen atoms in total. The van der Waals surface area contributed by atoms with Crippen molar-refractivity contribution in [3.63, 3.8) is 0 Å². The quantitative estimate of drug-likeness (QED) is 0.399. The molecule has 2 aromatic carbocycles. The van der Waals surface area contributed by atoms with Crippen molar-refractivity contribution in [2.24, 2.45) is 4.99 Å². The second kappa shape index (κ2) is 10.5. The maximum atomic E-state index is 11.9. The number of hydrogen-bond acceptors (Lipinski definition) is 2. The van der Waals surface area contributed by atoms with Crippen LogP contribution in [0.15, 0.2) is 59.7 Å². The Morgan fingerprint density at radius 3 is 2.47 bits per heavy atom. The van der Waals surface area contributed by atoms with E-state index in [-0.39, 0.29) is 12.5 Å². The minimum absolute atomic E-state index is 0.0220. The van der Waals surface area contributed by atoms with Gasteiger partial charge < -0.3 is 20.5 Å². The van der Waals surface area contributed by atoms with Crippen LogP contribution in [-0.2, 0) is 17.6 Å². The first kappa shape index (κ1) is 21.4. The zero-order valence-electron chi connectivity index (χ0n) is 18.0. The highest BCUT2D eigenvalue weighted by molar-refractivity contribution is 5.86. The highest BCUT2D eigenvalue weighted by Gasteiger charge is 2.07. The molecule has 0 spiro atoms. The van der Waals surface area contributed by atoms with E-state index in [0.717, 1.165) is 25.9 Å². The minimum atomic E-state index is -0.0220. The Morgan fingerprint density at radius 1 is 1.00 bits per heavy atom. The second-order valence-electron chi connectivity index (χ2n) is 7.60. The van der Waals surface area contributed by atoms with Gasteiger partial charge in [-0.05, 0) is 36.5 Å². The van der Waals surface area contributed by atoms with Crippen molar-refractivity contribution < 1.29 is 4.79 Å². The number of carbonyl (C=O) groups excluding carboxylic acids is 1. The second-order valence-corrected chi connectivity index (χ2v) is 7.60. The fourth-order valence-electron chi connectivity index (χ4n) is 3.32. The topological polar surface area (TPSA) is 72.5 Å². The average Bonchev–Trinajstić information content (AvgIpc) is 3.16. The van der Waals surface area contributed by atoms with Crippen LogP contribution in [0.1, 0.15) is 16.7 Å². The summed E-state index contributed by atoms with van der Waals surface area (Å²) in [6.07, 6.45) is 3.84. The summed E-state index contributed by atoms with van der Waals surface area (Å²) >= 11 is 0. The number of aryl methyl sites for hydroxylation is 1. The number of aromatic amines is 1. The van der Waals surface area contributed by atoms with Crippen molar-refractivity contribution in [3.05, 3.63) is 71.4 Å². The molecule has 0 aliphatic heterocycles. The Bertz CT molecular complexity index is 991. The van der Waals surface area contributed by atoms with Crippen molar-refractivity contribution in [3.8, 4) is 0 Å². The van der Waals surface area contributed by atoms with Gasteiger partial charge in [-0.1, -0.05) is 48.5 Å². The monoisotopic (exact) mass is 405 g/mol. The number of H-pyrrole nitrogens is 1. The molecular weight excluding hydrogens is 374 g/mol. The van der Waals surface area contributed by atoms with E-state index < -0.39 is 0 Å². The first-order valence-corrected chi connectivity index (χ1v) is 10.4. The maximum absolute atomic E-state index is 11.9. The zero-order chi connectivity index (χ0) is 21.3. The summed E-state index contributed by atoms with van der Waals surface area (Å²) in [5.74, 6) is 0.642. The Labute approximate surface area is 178 Å². The Balaban J connectivity index is 1.58. The van der Waals surface area contributed by atoms with E-state index in [0.29, 0.717) is 5.96 Å². The molecular formula is C24H31N5O. The van der Waals surface area contributed by atoms with Crippen LogP contribution < -0.4 is 10.6 Å². The molecule has 3 aromatic rings. The molecule has 1 aromatic heterocycles. The normalized spacial score (nSPS) is 11.5. The number of fused-ring (bicyclic) bond motifs is 1. The van der Waals surface area contributed by atoms with Gasteiger partial charge in [-0.25, -0.2) is 4.99 Å². The number of rotatable bonds is 8. The van der Waals surface area contributed by atoms with Gasteiger partial charge in [0.15, 0.2) is 5.96 Å².